The first kappa shape index (κ1) is 19.1. The lowest BCUT2D eigenvalue weighted by molar-refractivity contribution is -0.132. The molecule has 1 aliphatic heterocycles. The number of hydrogen-bond acceptors (Lipinski definition) is 6. The third kappa shape index (κ3) is 3.56. The van der Waals surface area contributed by atoms with Crippen LogP contribution in [0.4, 0.5) is 0 Å². The van der Waals surface area contributed by atoms with Crippen molar-refractivity contribution in [2.45, 2.75) is 31.7 Å². The molecule has 0 bridgehead atoms. The van der Waals surface area contributed by atoms with Gasteiger partial charge in [-0.2, -0.15) is 5.10 Å². The molecular formula is C20H21N7OS2. The van der Waals surface area contributed by atoms with Crippen molar-refractivity contribution in [2.75, 3.05) is 13.1 Å². The Morgan fingerprint density at radius 3 is 2.87 bits per heavy atom. The van der Waals surface area contributed by atoms with Crippen LogP contribution in [-0.4, -0.2) is 53.3 Å². The molecule has 10 heteroatoms. The van der Waals surface area contributed by atoms with Gasteiger partial charge in [-0.05, 0) is 48.6 Å². The van der Waals surface area contributed by atoms with E-state index in [0.717, 1.165) is 48.1 Å². The van der Waals surface area contributed by atoms with Crippen molar-refractivity contribution in [1.82, 2.24) is 34.3 Å². The molecule has 8 nitrogen and oxygen atoms in total. The van der Waals surface area contributed by atoms with Gasteiger partial charge in [0.25, 0.3) is 0 Å². The van der Waals surface area contributed by atoms with Gasteiger partial charge in [0.15, 0.2) is 16.2 Å². The number of nitrogens with one attached hydrogen (secondary N) is 1. The Bertz CT molecular complexity index is 1220. The Balaban J connectivity index is 1.21. The summed E-state index contributed by atoms with van der Waals surface area (Å²) in [5.74, 6) is 2.25. The van der Waals surface area contributed by atoms with Gasteiger partial charge in [-0.15, -0.1) is 21.5 Å². The predicted octanol–water partition coefficient (Wildman–Crippen LogP) is 3.51. The summed E-state index contributed by atoms with van der Waals surface area (Å²) in [7, 11) is 0. The Labute approximate surface area is 182 Å². The van der Waals surface area contributed by atoms with Crippen LogP contribution in [0.1, 0.15) is 31.0 Å². The fourth-order valence-corrected chi connectivity index (χ4v) is 4.96. The third-order valence-electron chi connectivity index (χ3n) is 5.60. The van der Waals surface area contributed by atoms with Crippen molar-refractivity contribution < 1.29 is 4.79 Å². The average Bonchev–Trinajstić information content (AvgIpc) is 3.52. The molecular weight excluding hydrogens is 418 g/mol. The molecule has 1 amide bonds. The normalized spacial score (nSPS) is 15.1. The van der Waals surface area contributed by atoms with E-state index in [1.165, 1.54) is 0 Å². The van der Waals surface area contributed by atoms with Gasteiger partial charge in [-0.1, -0.05) is 12.1 Å². The molecule has 0 spiro atoms. The summed E-state index contributed by atoms with van der Waals surface area (Å²) in [5, 5.41) is 17.8. The van der Waals surface area contributed by atoms with Gasteiger partial charge in [0.05, 0.1) is 4.88 Å². The molecule has 0 saturated carbocycles. The van der Waals surface area contributed by atoms with Crippen molar-refractivity contribution in [3.63, 3.8) is 0 Å². The van der Waals surface area contributed by atoms with Crippen LogP contribution in [0.15, 0.2) is 41.9 Å². The van der Waals surface area contributed by atoms with Crippen LogP contribution in [0, 0.1) is 4.77 Å². The monoisotopic (exact) mass is 439 g/mol. The summed E-state index contributed by atoms with van der Waals surface area (Å²) in [6.07, 6.45) is 4.20. The minimum Gasteiger partial charge on any atom is -0.343 e. The highest BCUT2D eigenvalue weighted by Crippen LogP contribution is 2.28. The maximum atomic E-state index is 12.8. The van der Waals surface area contributed by atoms with Crippen LogP contribution >= 0.6 is 23.6 Å². The lowest BCUT2D eigenvalue weighted by Crippen LogP contribution is -2.38. The minimum absolute atomic E-state index is 0.153. The van der Waals surface area contributed by atoms with Crippen molar-refractivity contribution >= 4 is 35.1 Å². The quantitative estimate of drug-likeness (QED) is 0.481. The van der Waals surface area contributed by atoms with Crippen LogP contribution in [0.3, 0.4) is 0 Å². The molecule has 0 aromatic carbocycles. The van der Waals surface area contributed by atoms with E-state index in [2.05, 4.69) is 24.8 Å². The second-order valence-corrected chi connectivity index (χ2v) is 8.71. The zero-order chi connectivity index (χ0) is 20.5. The molecule has 0 aliphatic carbocycles. The SMILES string of the molecule is O=C(CCn1c(-c2cccs2)n[nH]c1=S)N1CCC(c2nnc3ccccn23)CC1. The molecule has 5 rings (SSSR count). The molecule has 0 radical (unpaired) electrons. The fourth-order valence-electron chi connectivity index (χ4n) is 4.01. The molecule has 4 aromatic heterocycles. The highest BCUT2D eigenvalue weighted by atomic mass is 32.1. The second-order valence-electron chi connectivity index (χ2n) is 7.37. The maximum Gasteiger partial charge on any atom is 0.224 e. The lowest BCUT2D eigenvalue weighted by Gasteiger charge is -2.31. The molecule has 1 saturated heterocycles. The standard InChI is InChI=1S/C20H21N7OS2/c28-17(8-12-27-19(23-24-20(27)29)15-4-3-13-30-15)25-10-6-14(7-11-25)18-22-21-16-5-1-2-9-26(16)18/h1-5,9,13-14H,6-8,10-12H2,(H,24,29). The van der Waals surface area contributed by atoms with Gasteiger partial charge in [-0.25, -0.2) is 0 Å². The Morgan fingerprint density at radius 2 is 2.07 bits per heavy atom. The smallest absolute Gasteiger partial charge is 0.224 e. The summed E-state index contributed by atoms with van der Waals surface area (Å²) < 4.78 is 4.51. The zero-order valence-electron chi connectivity index (χ0n) is 16.3. The number of hydrogen-bond donors (Lipinski definition) is 1. The molecule has 30 heavy (non-hydrogen) atoms. The van der Waals surface area contributed by atoms with E-state index < -0.39 is 0 Å². The topological polar surface area (TPSA) is 84.1 Å². The summed E-state index contributed by atoms with van der Waals surface area (Å²) in [5.41, 5.74) is 0.865. The van der Waals surface area contributed by atoms with Gasteiger partial charge in [0.2, 0.25) is 5.91 Å². The highest BCUT2D eigenvalue weighted by molar-refractivity contribution is 7.71. The highest BCUT2D eigenvalue weighted by Gasteiger charge is 2.27. The molecule has 5 heterocycles. The molecule has 1 aliphatic rings. The maximum absolute atomic E-state index is 12.8. The number of carbonyl (C=O) groups is 1. The summed E-state index contributed by atoms with van der Waals surface area (Å²) in [6, 6.07) is 9.90. The van der Waals surface area contributed by atoms with Crippen molar-refractivity contribution in [3.8, 4) is 10.7 Å². The summed E-state index contributed by atoms with van der Waals surface area (Å²) >= 11 is 6.97. The number of likely N-dealkylation sites (tertiary alicyclic amines) is 1. The van der Waals surface area contributed by atoms with Gasteiger partial charge >= 0.3 is 0 Å². The zero-order valence-corrected chi connectivity index (χ0v) is 17.9. The van der Waals surface area contributed by atoms with Gasteiger partial charge in [-0.3, -0.25) is 18.9 Å². The summed E-state index contributed by atoms with van der Waals surface area (Å²) in [6.45, 7) is 2.00. The molecule has 154 valence electrons. The molecule has 1 fully saturated rings. The van der Waals surface area contributed by atoms with Crippen molar-refractivity contribution in [2.24, 2.45) is 0 Å². The number of pyridine rings is 1. The third-order valence-corrected chi connectivity index (χ3v) is 6.78. The molecule has 4 aromatic rings. The number of rotatable bonds is 5. The first-order valence-corrected chi connectivity index (χ1v) is 11.3. The molecule has 1 N–H and O–H groups in total. The van der Waals surface area contributed by atoms with Crippen LogP contribution < -0.4 is 0 Å². The Hall–Kier alpha value is -2.85. The van der Waals surface area contributed by atoms with Crippen LogP contribution in [0.25, 0.3) is 16.3 Å². The van der Waals surface area contributed by atoms with Crippen molar-refractivity contribution in [1.29, 1.82) is 0 Å². The first-order valence-electron chi connectivity index (χ1n) is 9.97. The molecule has 0 unspecified atom stereocenters. The fraction of sp³-hybridized carbons (Fsp3) is 0.350. The van der Waals surface area contributed by atoms with Gasteiger partial charge in [0.1, 0.15) is 5.82 Å². The molecule has 0 atom stereocenters. The van der Waals surface area contributed by atoms with Gasteiger partial charge < -0.3 is 4.90 Å². The Kier molecular flexibility index (Phi) is 5.17. The van der Waals surface area contributed by atoms with E-state index in [4.69, 9.17) is 12.2 Å². The van der Waals surface area contributed by atoms with E-state index in [9.17, 15) is 4.79 Å². The Morgan fingerprint density at radius 1 is 1.20 bits per heavy atom. The number of aromatic amines is 1. The largest absolute Gasteiger partial charge is 0.343 e. The minimum atomic E-state index is 0.153. The number of piperidine rings is 1. The number of fused-ring (bicyclic) bond motifs is 1. The predicted molar refractivity (Wildman–Crippen MR) is 117 cm³/mol. The number of aromatic nitrogens is 6. The number of nitrogens with zero attached hydrogens (tertiary/aromatic N) is 6. The van der Waals surface area contributed by atoms with Crippen LogP contribution in [-0.2, 0) is 11.3 Å². The van der Waals surface area contributed by atoms with E-state index in [0.29, 0.717) is 23.7 Å². The first-order chi connectivity index (χ1) is 14.7. The van der Waals surface area contributed by atoms with Gasteiger partial charge in [0, 0.05) is 38.2 Å². The number of amides is 1. The van der Waals surface area contributed by atoms with E-state index in [1.54, 1.807) is 11.3 Å². The van der Waals surface area contributed by atoms with E-state index in [-0.39, 0.29) is 5.91 Å². The number of carbonyl (C=O) groups excluding carboxylic acids is 1. The number of thiophene rings is 1. The number of H-pyrrole nitrogens is 1. The lowest BCUT2D eigenvalue weighted by atomic mass is 9.95. The average molecular weight is 440 g/mol. The second kappa shape index (κ2) is 8.11. The van der Waals surface area contributed by atoms with Crippen LogP contribution in [0.2, 0.25) is 0 Å². The van der Waals surface area contributed by atoms with E-state index in [1.807, 2.05) is 51.4 Å². The van der Waals surface area contributed by atoms with E-state index >= 15 is 0 Å². The van der Waals surface area contributed by atoms with Crippen molar-refractivity contribution in [3.05, 3.63) is 52.5 Å². The summed E-state index contributed by atoms with van der Waals surface area (Å²) in [4.78, 5) is 15.8. The van der Waals surface area contributed by atoms with Crippen LogP contribution in [0.5, 0.6) is 0 Å².